The van der Waals surface area contributed by atoms with Gasteiger partial charge in [0.15, 0.2) is 0 Å². The van der Waals surface area contributed by atoms with Crippen molar-refractivity contribution in [3.05, 3.63) is 24.3 Å². The first kappa shape index (κ1) is 18.3. The Kier molecular flexibility index (Phi) is 7.19. The maximum atomic E-state index is 11.9. The van der Waals surface area contributed by atoms with Gasteiger partial charge in [0, 0.05) is 4.90 Å². The van der Waals surface area contributed by atoms with Crippen molar-refractivity contribution in [3.8, 4) is 0 Å². The number of para-hydroxylation sites is 1. The molecule has 1 aromatic carbocycles. The molecule has 0 radical (unpaired) electrons. The van der Waals surface area contributed by atoms with Gasteiger partial charge in [0.05, 0.1) is 24.5 Å². The fourth-order valence-electron chi connectivity index (χ4n) is 1.41. The lowest BCUT2D eigenvalue weighted by Gasteiger charge is -2.11. The molecule has 1 aromatic rings. The Labute approximate surface area is 129 Å². The zero-order valence-electron chi connectivity index (χ0n) is 11.5. The van der Waals surface area contributed by atoms with E-state index < -0.39 is 24.6 Å². The predicted octanol–water partition coefficient (Wildman–Crippen LogP) is 2.17. The van der Waals surface area contributed by atoms with Gasteiger partial charge in [-0.05, 0) is 12.1 Å². The molecule has 0 aromatic heterocycles. The van der Waals surface area contributed by atoms with Crippen LogP contribution in [0.1, 0.15) is 6.42 Å². The number of halogens is 3. The average molecular weight is 336 g/mol. The second-order valence-electron chi connectivity index (χ2n) is 4.22. The van der Waals surface area contributed by atoms with Gasteiger partial charge in [-0.1, -0.05) is 12.1 Å². The van der Waals surface area contributed by atoms with Crippen LogP contribution in [0.25, 0.3) is 0 Å². The van der Waals surface area contributed by atoms with E-state index >= 15 is 0 Å². The number of thioether (sulfide) groups is 1. The topological polar surface area (TPSA) is 81.4 Å². The fraction of sp³-hybridized carbons (Fsp3) is 0.385. The molecule has 2 amide bonds. The number of hydrogen-bond acceptors (Lipinski definition) is 4. The third-order valence-corrected chi connectivity index (χ3v) is 3.37. The van der Waals surface area contributed by atoms with Gasteiger partial charge in [-0.15, -0.1) is 11.8 Å². The van der Waals surface area contributed by atoms with Crippen LogP contribution in [-0.4, -0.2) is 37.0 Å². The average Bonchev–Trinajstić information content (AvgIpc) is 2.41. The van der Waals surface area contributed by atoms with Crippen molar-refractivity contribution in [2.45, 2.75) is 17.5 Å². The SMILES string of the molecule is NC(=O)CSc1ccccc1NC(=O)CCOCC(F)(F)F. The van der Waals surface area contributed by atoms with Crippen LogP contribution in [0.15, 0.2) is 29.2 Å². The maximum absolute atomic E-state index is 11.9. The van der Waals surface area contributed by atoms with Crippen molar-refractivity contribution < 1.29 is 27.5 Å². The van der Waals surface area contributed by atoms with Gasteiger partial charge in [0.1, 0.15) is 6.61 Å². The molecule has 0 fully saturated rings. The highest BCUT2D eigenvalue weighted by molar-refractivity contribution is 8.00. The van der Waals surface area contributed by atoms with Gasteiger partial charge >= 0.3 is 6.18 Å². The van der Waals surface area contributed by atoms with Crippen LogP contribution in [0.4, 0.5) is 18.9 Å². The molecule has 9 heteroatoms. The van der Waals surface area contributed by atoms with E-state index in [0.29, 0.717) is 10.6 Å². The number of hydrogen-bond donors (Lipinski definition) is 2. The van der Waals surface area contributed by atoms with E-state index in [2.05, 4.69) is 10.1 Å². The van der Waals surface area contributed by atoms with Crippen LogP contribution in [0.2, 0.25) is 0 Å². The molecule has 0 aliphatic carbocycles. The van der Waals surface area contributed by atoms with E-state index in [4.69, 9.17) is 5.73 Å². The molecule has 0 saturated carbocycles. The number of nitrogens with one attached hydrogen (secondary N) is 1. The second-order valence-corrected chi connectivity index (χ2v) is 5.23. The summed E-state index contributed by atoms with van der Waals surface area (Å²) >= 11 is 1.16. The minimum Gasteiger partial charge on any atom is -0.372 e. The van der Waals surface area contributed by atoms with Gasteiger partial charge in [0.25, 0.3) is 0 Å². The van der Waals surface area contributed by atoms with Crippen LogP contribution in [0.3, 0.4) is 0 Å². The van der Waals surface area contributed by atoms with Crippen molar-refractivity contribution in [2.75, 3.05) is 24.3 Å². The molecule has 22 heavy (non-hydrogen) atoms. The molecule has 122 valence electrons. The molecule has 0 aliphatic rings. The Morgan fingerprint density at radius 3 is 2.59 bits per heavy atom. The molecule has 0 aliphatic heterocycles. The third kappa shape index (κ3) is 7.89. The van der Waals surface area contributed by atoms with E-state index in [0.717, 1.165) is 11.8 Å². The first-order chi connectivity index (χ1) is 10.3. The highest BCUT2D eigenvalue weighted by Crippen LogP contribution is 2.26. The normalized spacial score (nSPS) is 11.2. The molecule has 3 N–H and O–H groups in total. The van der Waals surface area contributed by atoms with E-state index in [1.165, 1.54) is 0 Å². The summed E-state index contributed by atoms with van der Waals surface area (Å²) in [7, 11) is 0. The Morgan fingerprint density at radius 1 is 1.27 bits per heavy atom. The summed E-state index contributed by atoms with van der Waals surface area (Å²) in [5.74, 6) is -0.914. The number of alkyl halides is 3. The zero-order valence-corrected chi connectivity index (χ0v) is 12.3. The van der Waals surface area contributed by atoms with E-state index in [1.54, 1.807) is 24.3 Å². The van der Waals surface area contributed by atoms with Gasteiger partial charge in [-0.2, -0.15) is 13.2 Å². The molecule has 0 bridgehead atoms. The van der Waals surface area contributed by atoms with Gasteiger partial charge in [-0.3, -0.25) is 9.59 Å². The number of carbonyl (C=O) groups excluding carboxylic acids is 2. The van der Waals surface area contributed by atoms with Crippen LogP contribution in [0.5, 0.6) is 0 Å². The summed E-state index contributed by atoms with van der Waals surface area (Å²) in [5, 5.41) is 2.56. The Morgan fingerprint density at radius 2 is 1.95 bits per heavy atom. The quantitative estimate of drug-likeness (QED) is 0.563. The van der Waals surface area contributed by atoms with Gasteiger partial charge in [-0.25, -0.2) is 0 Å². The Balaban J connectivity index is 2.45. The highest BCUT2D eigenvalue weighted by Gasteiger charge is 2.27. The first-order valence-electron chi connectivity index (χ1n) is 6.22. The molecule has 0 unspecified atom stereocenters. The summed E-state index contributed by atoms with van der Waals surface area (Å²) in [6, 6.07) is 6.73. The number of primary amides is 1. The molecule has 0 spiro atoms. The summed E-state index contributed by atoms with van der Waals surface area (Å²) in [6.07, 6.45) is -4.61. The lowest BCUT2D eigenvalue weighted by Crippen LogP contribution is -2.20. The zero-order chi connectivity index (χ0) is 16.6. The Hall–Kier alpha value is -1.74. The molecule has 5 nitrogen and oxygen atoms in total. The van der Waals surface area contributed by atoms with Crippen LogP contribution < -0.4 is 11.1 Å². The largest absolute Gasteiger partial charge is 0.411 e. The number of ether oxygens (including phenoxy) is 1. The monoisotopic (exact) mass is 336 g/mol. The molecule has 0 heterocycles. The van der Waals surface area contributed by atoms with Crippen molar-refractivity contribution in [1.82, 2.24) is 0 Å². The van der Waals surface area contributed by atoms with Crippen molar-refractivity contribution in [1.29, 1.82) is 0 Å². The van der Waals surface area contributed by atoms with E-state index in [9.17, 15) is 22.8 Å². The molecular formula is C13H15F3N2O3S. The molecule has 0 atom stereocenters. The van der Waals surface area contributed by atoms with Crippen LogP contribution in [-0.2, 0) is 14.3 Å². The summed E-state index contributed by atoms with van der Waals surface area (Å²) in [6.45, 7) is -1.72. The number of anilines is 1. The van der Waals surface area contributed by atoms with Crippen molar-refractivity contribution in [2.24, 2.45) is 5.73 Å². The smallest absolute Gasteiger partial charge is 0.372 e. The number of rotatable bonds is 8. The minimum atomic E-state index is -4.41. The van der Waals surface area contributed by atoms with Crippen molar-refractivity contribution >= 4 is 29.3 Å². The molecule has 1 rings (SSSR count). The minimum absolute atomic E-state index is 0.0571. The lowest BCUT2D eigenvalue weighted by atomic mass is 10.3. The number of carbonyl (C=O) groups is 2. The van der Waals surface area contributed by atoms with Crippen LogP contribution in [0, 0.1) is 0 Å². The summed E-state index contributed by atoms with van der Waals surface area (Å²) in [5.41, 5.74) is 5.52. The second kappa shape index (κ2) is 8.64. The predicted molar refractivity (Wildman–Crippen MR) is 76.5 cm³/mol. The first-order valence-corrected chi connectivity index (χ1v) is 7.21. The highest BCUT2D eigenvalue weighted by atomic mass is 32.2. The van der Waals surface area contributed by atoms with Crippen molar-refractivity contribution in [3.63, 3.8) is 0 Å². The standard InChI is InChI=1S/C13H15F3N2O3S/c14-13(15,16)8-21-6-5-12(20)18-9-3-1-2-4-10(9)22-7-11(17)19/h1-4H,5-8H2,(H2,17,19)(H,18,20). The lowest BCUT2D eigenvalue weighted by molar-refractivity contribution is -0.174. The number of nitrogens with two attached hydrogens (primary N) is 1. The number of benzene rings is 1. The Bertz CT molecular complexity index is 523. The maximum Gasteiger partial charge on any atom is 0.411 e. The third-order valence-electron chi connectivity index (χ3n) is 2.27. The summed E-state index contributed by atoms with van der Waals surface area (Å²) < 4.78 is 40.0. The van der Waals surface area contributed by atoms with Crippen LogP contribution >= 0.6 is 11.8 Å². The van der Waals surface area contributed by atoms with E-state index in [-0.39, 0.29) is 18.8 Å². The van der Waals surface area contributed by atoms with Gasteiger partial charge in [0.2, 0.25) is 11.8 Å². The summed E-state index contributed by atoms with van der Waals surface area (Å²) in [4.78, 5) is 23.1. The molecular weight excluding hydrogens is 321 g/mol. The number of amides is 2. The van der Waals surface area contributed by atoms with E-state index in [1.807, 2.05) is 0 Å². The fourth-order valence-corrected chi connectivity index (χ4v) is 2.16. The molecule has 0 saturated heterocycles. The van der Waals surface area contributed by atoms with Gasteiger partial charge < -0.3 is 15.8 Å².